The van der Waals surface area contributed by atoms with Crippen molar-refractivity contribution in [3.8, 4) is 5.75 Å². The summed E-state index contributed by atoms with van der Waals surface area (Å²) < 4.78 is 41.6. The molecule has 0 radical (unpaired) electrons. The number of nitrogens with two attached hydrogens (primary N) is 1. The van der Waals surface area contributed by atoms with Gasteiger partial charge in [-0.15, -0.1) is 37.1 Å². The van der Waals surface area contributed by atoms with E-state index in [1.807, 2.05) is 13.2 Å². The number of aromatic nitrogens is 2. The van der Waals surface area contributed by atoms with E-state index in [0.717, 1.165) is 5.56 Å². The Balaban J connectivity index is 0.00000288. The van der Waals surface area contributed by atoms with Gasteiger partial charge in [0.2, 0.25) is 0 Å². The molecule has 0 aliphatic heterocycles. The fourth-order valence-electron chi connectivity index (χ4n) is 1.83. The van der Waals surface area contributed by atoms with Gasteiger partial charge in [-0.25, -0.2) is 0 Å². The molecule has 0 saturated heterocycles. The fourth-order valence-corrected chi connectivity index (χ4v) is 1.83. The molecule has 6 nitrogen and oxygen atoms in total. The number of anilines is 1. The maximum atomic E-state index is 12.0. The number of rotatable bonds is 5. The molecule has 0 unspecified atom stereocenters. The lowest BCUT2D eigenvalue weighted by Gasteiger charge is -2.10. The molecule has 132 valence electrons. The van der Waals surface area contributed by atoms with Crippen molar-refractivity contribution in [3.63, 3.8) is 0 Å². The number of hydrogen-bond donors (Lipinski definition) is 2. The van der Waals surface area contributed by atoms with Gasteiger partial charge in [-0.3, -0.25) is 9.67 Å². The van der Waals surface area contributed by atoms with E-state index in [-0.39, 0.29) is 35.7 Å². The lowest BCUT2D eigenvalue weighted by molar-refractivity contribution is -0.274. The standard InChI is InChI=1S/C14H16F3N5O.HI/c1-22-9-10(8-20-22)6-7-19-13(18)21-11-2-4-12(5-3-11)23-14(15,16)17;/h2-5,8-9H,6-7H2,1H3,(H3,18,19,21);1H. The Morgan fingerprint density at radius 2 is 2.00 bits per heavy atom. The van der Waals surface area contributed by atoms with E-state index in [1.165, 1.54) is 24.3 Å². The minimum atomic E-state index is -4.71. The molecule has 10 heteroatoms. The summed E-state index contributed by atoms with van der Waals surface area (Å²) in [6.07, 6.45) is -0.382. The van der Waals surface area contributed by atoms with Gasteiger partial charge in [0, 0.05) is 25.5 Å². The average molecular weight is 455 g/mol. The zero-order valence-corrected chi connectivity index (χ0v) is 15.1. The first kappa shape index (κ1) is 20.1. The lowest BCUT2D eigenvalue weighted by atomic mass is 10.2. The second kappa shape index (κ2) is 8.76. The Kier molecular flexibility index (Phi) is 7.32. The van der Waals surface area contributed by atoms with Gasteiger partial charge in [-0.2, -0.15) is 5.10 Å². The van der Waals surface area contributed by atoms with Gasteiger partial charge in [0.15, 0.2) is 5.96 Å². The van der Waals surface area contributed by atoms with Crippen LogP contribution in [0.2, 0.25) is 0 Å². The van der Waals surface area contributed by atoms with E-state index in [0.29, 0.717) is 18.7 Å². The first-order chi connectivity index (χ1) is 10.8. The van der Waals surface area contributed by atoms with Gasteiger partial charge in [0.05, 0.1) is 6.20 Å². The summed E-state index contributed by atoms with van der Waals surface area (Å²) in [5.41, 5.74) is 7.28. The summed E-state index contributed by atoms with van der Waals surface area (Å²) in [5.74, 6) is -0.117. The maximum absolute atomic E-state index is 12.0. The molecule has 1 aromatic carbocycles. The van der Waals surface area contributed by atoms with Crippen molar-refractivity contribution in [1.29, 1.82) is 0 Å². The third-order valence-corrected chi connectivity index (χ3v) is 2.80. The highest BCUT2D eigenvalue weighted by Crippen LogP contribution is 2.23. The highest BCUT2D eigenvalue weighted by molar-refractivity contribution is 14.0. The number of hydrogen-bond acceptors (Lipinski definition) is 3. The predicted molar refractivity (Wildman–Crippen MR) is 95.6 cm³/mol. The molecule has 2 aromatic rings. The van der Waals surface area contributed by atoms with Crippen LogP contribution in [0.1, 0.15) is 5.56 Å². The summed E-state index contributed by atoms with van der Waals surface area (Å²) in [6.45, 7) is 0.472. The first-order valence-electron chi connectivity index (χ1n) is 6.72. The molecule has 0 atom stereocenters. The van der Waals surface area contributed by atoms with Crippen molar-refractivity contribution >= 4 is 35.6 Å². The summed E-state index contributed by atoms with van der Waals surface area (Å²) in [7, 11) is 1.83. The number of aryl methyl sites for hydroxylation is 1. The van der Waals surface area contributed by atoms with E-state index >= 15 is 0 Å². The molecule has 1 aromatic heterocycles. The fraction of sp³-hybridized carbons (Fsp3) is 0.286. The highest BCUT2D eigenvalue weighted by Gasteiger charge is 2.30. The van der Waals surface area contributed by atoms with E-state index in [4.69, 9.17) is 5.73 Å². The third-order valence-electron chi connectivity index (χ3n) is 2.80. The van der Waals surface area contributed by atoms with Gasteiger partial charge in [0.1, 0.15) is 5.75 Å². The normalized spacial score (nSPS) is 11.8. The Hall–Kier alpha value is -1.98. The van der Waals surface area contributed by atoms with E-state index in [2.05, 4.69) is 20.1 Å². The SMILES string of the molecule is Cn1cc(CCN=C(N)Nc2ccc(OC(F)(F)F)cc2)cn1.I. The minimum Gasteiger partial charge on any atom is -0.406 e. The monoisotopic (exact) mass is 455 g/mol. The smallest absolute Gasteiger partial charge is 0.406 e. The van der Waals surface area contributed by atoms with E-state index < -0.39 is 6.36 Å². The van der Waals surface area contributed by atoms with Crippen LogP contribution in [0.25, 0.3) is 0 Å². The molecule has 0 fully saturated rings. The summed E-state index contributed by atoms with van der Waals surface area (Å²) in [5, 5.41) is 6.84. The average Bonchev–Trinajstić information content (AvgIpc) is 2.85. The van der Waals surface area contributed by atoms with E-state index in [1.54, 1.807) is 10.9 Å². The second-order valence-electron chi connectivity index (χ2n) is 4.74. The molecular weight excluding hydrogens is 438 g/mol. The van der Waals surface area contributed by atoms with Crippen molar-refractivity contribution in [2.75, 3.05) is 11.9 Å². The Morgan fingerprint density at radius 1 is 1.33 bits per heavy atom. The van der Waals surface area contributed by atoms with Crippen LogP contribution in [0.5, 0.6) is 5.75 Å². The third kappa shape index (κ3) is 7.06. The van der Waals surface area contributed by atoms with Crippen molar-refractivity contribution in [2.24, 2.45) is 17.8 Å². The molecule has 24 heavy (non-hydrogen) atoms. The van der Waals surface area contributed by atoms with Crippen molar-refractivity contribution in [2.45, 2.75) is 12.8 Å². The zero-order valence-electron chi connectivity index (χ0n) is 12.7. The molecule has 0 aliphatic carbocycles. The van der Waals surface area contributed by atoms with Gasteiger partial charge >= 0.3 is 6.36 Å². The topological polar surface area (TPSA) is 77.5 Å². The number of aliphatic imine (C=N–C) groups is 1. The second-order valence-corrected chi connectivity index (χ2v) is 4.74. The molecule has 0 spiro atoms. The van der Waals surface area contributed by atoms with Crippen molar-refractivity contribution in [3.05, 3.63) is 42.2 Å². The number of nitrogens with zero attached hydrogens (tertiary/aromatic N) is 3. The van der Waals surface area contributed by atoms with Crippen LogP contribution in [-0.2, 0) is 13.5 Å². The van der Waals surface area contributed by atoms with Gasteiger partial charge in [0.25, 0.3) is 0 Å². The molecule has 0 amide bonds. The molecule has 3 N–H and O–H groups in total. The molecular formula is C14H17F3IN5O. The van der Waals surface area contributed by atoms with Crippen molar-refractivity contribution in [1.82, 2.24) is 9.78 Å². The van der Waals surface area contributed by atoms with Crippen molar-refractivity contribution < 1.29 is 17.9 Å². The van der Waals surface area contributed by atoms with Gasteiger partial charge in [-0.05, 0) is 36.2 Å². The van der Waals surface area contributed by atoms with Crippen LogP contribution in [-0.4, -0.2) is 28.6 Å². The first-order valence-corrected chi connectivity index (χ1v) is 6.72. The predicted octanol–water partition coefficient (Wildman–Crippen LogP) is 2.91. The van der Waals surface area contributed by atoms with Crippen LogP contribution in [0.15, 0.2) is 41.7 Å². The lowest BCUT2D eigenvalue weighted by Crippen LogP contribution is -2.23. The summed E-state index contributed by atoms with van der Waals surface area (Å²) in [6, 6.07) is 5.23. The van der Waals surface area contributed by atoms with Crippen LogP contribution in [0, 0.1) is 0 Å². The number of nitrogens with one attached hydrogen (secondary N) is 1. The number of alkyl halides is 3. The molecule has 1 heterocycles. The Labute approximate surface area is 153 Å². The number of benzene rings is 1. The number of halogens is 4. The van der Waals surface area contributed by atoms with Crippen LogP contribution < -0.4 is 15.8 Å². The molecule has 0 bridgehead atoms. The molecule has 2 rings (SSSR count). The summed E-state index contributed by atoms with van der Waals surface area (Å²) >= 11 is 0. The Bertz CT molecular complexity index is 670. The van der Waals surface area contributed by atoms with Gasteiger partial charge in [-0.1, -0.05) is 0 Å². The zero-order chi connectivity index (χ0) is 16.9. The van der Waals surface area contributed by atoms with Crippen LogP contribution >= 0.6 is 24.0 Å². The van der Waals surface area contributed by atoms with Crippen LogP contribution in [0.3, 0.4) is 0 Å². The number of guanidine groups is 1. The summed E-state index contributed by atoms with van der Waals surface area (Å²) in [4.78, 5) is 4.14. The quantitative estimate of drug-likeness (QED) is 0.413. The highest BCUT2D eigenvalue weighted by atomic mass is 127. The van der Waals surface area contributed by atoms with Crippen LogP contribution in [0.4, 0.5) is 18.9 Å². The largest absolute Gasteiger partial charge is 0.573 e. The van der Waals surface area contributed by atoms with E-state index in [9.17, 15) is 13.2 Å². The molecule has 0 aliphatic rings. The Morgan fingerprint density at radius 3 is 2.54 bits per heavy atom. The maximum Gasteiger partial charge on any atom is 0.573 e. The molecule has 0 saturated carbocycles. The van der Waals surface area contributed by atoms with Gasteiger partial charge < -0.3 is 15.8 Å². The minimum absolute atomic E-state index is 0. The number of ether oxygens (including phenoxy) is 1.